The summed E-state index contributed by atoms with van der Waals surface area (Å²) in [6.45, 7) is 2.02. The number of hydrogen-bond donors (Lipinski definition) is 2. The summed E-state index contributed by atoms with van der Waals surface area (Å²) in [6, 6.07) is 9.17. The Kier molecular flexibility index (Phi) is 4.30. The van der Waals surface area contributed by atoms with E-state index in [1.165, 1.54) is 18.2 Å². The molecule has 1 amide bonds. The molecule has 3 N–H and O–H groups in total. The predicted octanol–water partition coefficient (Wildman–Crippen LogP) is 3.01. The van der Waals surface area contributed by atoms with Crippen molar-refractivity contribution in [2.24, 2.45) is 0 Å². The number of pyridine rings is 1. The molecular weight excluding hydrogens is 257 g/mol. The number of nitrogens with one attached hydrogen (secondary N) is 1. The molecule has 0 atom stereocenters. The minimum Gasteiger partial charge on any atom is -0.384 e. The zero-order valence-electron chi connectivity index (χ0n) is 11.2. The molecule has 0 bridgehead atoms. The average molecular weight is 273 g/mol. The van der Waals surface area contributed by atoms with Crippen LogP contribution in [0.1, 0.15) is 29.4 Å². The van der Waals surface area contributed by atoms with Gasteiger partial charge in [0, 0.05) is 11.3 Å². The first kappa shape index (κ1) is 14.0. The zero-order chi connectivity index (χ0) is 14.5. The number of carbonyl (C=O) groups is 1. The van der Waals surface area contributed by atoms with Crippen LogP contribution in [0.5, 0.6) is 0 Å². The second-order valence-corrected chi connectivity index (χ2v) is 4.46. The molecule has 0 aliphatic carbocycles. The zero-order valence-corrected chi connectivity index (χ0v) is 11.2. The van der Waals surface area contributed by atoms with Crippen molar-refractivity contribution in [3.8, 4) is 0 Å². The summed E-state index contributed by atoms with van der Waals surface area (Å²) in [5, 5.41) is 2.53. The molecule has 20 heavy (non-hydrogen) atoms. The van der Waals surface area contributed by atoms with E-state index in [4.69, 9.17) is 5.73 Å². The Hall–Kier alpha value is -2.43. The van der Waals surface area contributed by atoms with Gasteiger partial charge < -0.3 is 11.1 Å². The van der Waals surface area contributed by atoms with Gasteiger partial charge in [0.2, 0.25) is 0 Å². The van der Waals surface area contributed by atoms with Gasteiger partial charge in [-0.05, 0) is 30.7 Å². The van der Waals surface area contributed by atoms with E-state index in [9.17, 15) is 9.18 Å². The minimum absolute atomic E-state index is 0.143. The van der Waals surface area contributed by atoms with E-state index in [-0.39, 0.29) is 11.5 Å². The van der Waals surface area contributed by atoms with Gasteiger partial charge in [-0.3, -0.25) is 4.79 Å². The van der Waals surface area contributed by atoms with Crippen molar-refractivity contribution in [3.63, 3.8) is 0 Å². The van der Waals surface area contributed by atoms with Gasteiger partial charge in [0.1, 0.15) is 11.6 Å². The average Bonchev–Trinajstić information content (AvgIpc) is 2.41. The number of nitrogens with two attached hydrogens (primary N) is 1. The number of nitrogens with zero attached hydrogens (tertiary/aromatic N) is 1. The van der Waals surface area contributed by atoms with Crippen molar-refractivity contribution in [3.05, 3.63) is 53.5 Å². The van der Waals surface area contributed by atoms with E-state index in [0.717, 1.165) is 18.5 Å². The predicted molar refractivity (Wildman–Crippen MR) is 77.0 cm³/mol. The van der Waals surface area contributed by atoms with Crippen LogP contribution >= 0.6 is 0 Å². The number of aryl methyl sites for hydroxylation is 1. The maximum atomic E-state index is 13.5. The molecule has 0 unspecified atom stereocenters. The Labute approximate surface area is 116 Å². The lowest BCUT2D eigenvalue weighted by Gasteiger charge is -2.08. The normalized spacial score (nSPS) is 10.3. The first-order valence-electron chi connectivity index (χ1n) is 6.42. The lowest BCUT2D eigenvalue weighted by Crippen LogP contribution is -2.14. The maximum Gasteiger partial charge on any atom is 0.255 e. The van der Waals surface area contributed by atoms with E-state index in [1.807, 2.05) is 6.92 Å². The number of carbonyl (C=O) groups excluding carboxylic acids is 1. The third-order valence-corrected chi connectivity index (χ3v) is 2.79. The quantitative estimate of drug-likeness (QED) is 0.899. The molecule has 5 heteroatoms. The molecule has 2 aromatic rings. The van der Waals surface area contributed by atoms with Crippen molar-refractivity contribution < 1.29 is 9.18 Å². The molecule has 0 aliphatic rings. The fraction of sp³-hybridized carbons (Fsp3) is 0.200. The number of aromatic nitrogens is 1. The molecule has 0 fully saturated rings. The first-order chi connectivity index (χ1) is 9.60. The number of hydrogen-bond acceptors (Lipinski definition) is 3. The van der Waals surface area contributed by atoms with Crippen molar-refractivity contribution in [1.82, 2.24) is 4.98 Å². The highest BCUT2D eigenvalue weighted by Crippen LogP contribution is 2.15. The number of para-hydroxylation sites is 1. The van der Waals surface area contributed by atoms with Crippen LogP contribution in [-0.4, -0.2) is 10.9 Å². The summed E-state index contributed by atoms with van der Waals surface area (Å²) in [7, 11) is 0. The number of halogens is 1. The summed E-state index contributed by atoms with van der Waals surface area (Å²) in [5.74, 6) is -0.590. The van der Waals surface area contributed by atoms with E-state index in [0.29, 0.717) is 5.56 Å². The molecule has 0 aliphatic heterocycles. The van der Waals surface area contributed by atoms with Crippen molar-refractivity contribution >= 4 is 17.4 Å². The van der Waals surface area contributed by atoms with Crippen LogP contribution in [0.4, 0.5) is 15.9 Å². The lowest BCUT2D eigenvalue weighted by molar-refractivity contribution is 0.102. The van der Waals surface area contributed by atoms with Crippen molar-refractivity contribution in [1.29, 1.82) is 0 Å². The highest BCUT2D eigenvalue weighted by Gasteiger charge is 2.11. The van der Waals surface area contributed by atoms with Crippen LogP contribution in [0.3, 0.4) is 0 Å². The standard InChI is InChI=1S/C15H16FN3O/c1-2-5-11-8-10(9-14(17)18-11)15(20)19-13-7-4-3-6-12(13)16/h3-4,6-9H,2,5H2,1H3,(H2,17,18)(H,19,20). The van der Waals surface area contributed by atoms with Gasteiger partial charge in [0.15, 0.2) is 0 Å². The molecule has 1 aromatic carbocycles. The smallest absolute Gasteiger partial charge is 0.255 e. The van der Waals surface area contributed by atoms with Gasteiger partial charge in [0.25, 0.3) is 5.91 Å². The molecule has 1 heterocycles. The van der Waals surface area contributed by atoms with Gasteiger partial charge >= 0.3 is 0 Å². The first-order valence-corrected chi connectivity index (χ1v) is 6.42. The fourth-order valence-corrected chi connectivity index (χ4v) is 1.88. The molecule has 1 aromatic heterocycles. The molecular formula is C15H16FN3O. The number of amides is 1. The van der Waals surface area contributed by atoms with E-state index in [1.54, 1.807) is 18.2 Å². The van der Waals surface area contributed by atoms with Gasteiger partial charge in [0.05, 0.1) is 5.69 Å². The van der Waals surface area contributed by atoms with E-state index in [2.05, 4.69) is 10.3 Å². The fourth-order valence-electron chi connectivity index (χ4n) is 1.88. The minimum atomic E-state index is -0.475. The number of nitrogen functional groups attached to an aromatic ring is 1. The third kappa shape index (κ3) is 3.32. The SMILES string of the molecule is CCCc1cc(C(=O)Nc2ccccc2F)cc(N)n1. The molecule has 0 radical (unpaired) electrons. The Bertz CT molecular complexity index is 628. The van der Waals surface area contributed by atoms with Gasteiger partial charge in [-0.25, -0.2) is 9.37 Å². The van der Waals surface area contributed by atoms with Crippen LogP contribution in [-0.2, 0) is 6.42 Å². The molecule has 0 saturated carbocycles. The Morgan fingerprint density at radius 2 is 2.10 bits per heavy atom. The van der Waals surface area contributed by atoms with Crippen molar-refractivity contribution in [2.45, 2.75) is 19.8 Å². The second-order valence-electron chi connectivity index (χ2n) is 4.46. The number of anilines is 2. The third-order valence-electron chi connectivity index (χ3n) is 2.79. The molecule has 0 saturated heterocycles. The number of rotatable bonds is 4. The summed E-state index contributed by atoms with van der Waals surface area (Å²) < 4.78 is 13.5. The van der Waals surface area contributed by atoms with Crippen LogP contribution in [0, 0.1) is 5.82 Å². The van der Waals surface area contributed by atoms with Crippen LogP contribution in [0.15, 0.2) is 36.4 Å². The van der Waals surface area contributed by atoms with E-state index < -0.39 is 11.7 Å². The summed E-state index contributed by atoms with van der Waals surface area (Å²) in [6.07, 6.45) is 1.65. The summed E-state index contributed by atoms with van der Waals surface area (Å²) in [5.41, 5.74) is 6.96. The van der Waals surface area contributed by atoms with Crippen LogP contribution in [0.25, 0.3) is 0 Å². The highest BCUT2D eigenvalue weighted by atomic mass is 19.1. The van der Waals surface area contributed by atoms with Gasteiger partial charge in [-0.1, -0.05) is 25.5 Å². The molecule has 0 spiro atoms. The topological polar surface area (TPSA) is 68.0 Å². The maximum absolute atomic E-state index is 13.5. The summed E-state index contributed by atoms with van der Waals surface area (Å²) in [4.78, 5) is 16.3. The Morgan fingerprint density at radius 1 is 1.35 bits per heavy atom. The second kappa shape index (κ2) is 6.14. The lowest BCUT2D eigenvalue weighted by atomic mass is 10.1. The molecule has 104 valence electrons. The van der Waals surface area contributed by atoms with Crippen molar-refractivity contribution in [2.75, 3.05) is 11.1 Å². The highest BCUT2D eigenvalue weighted by molar-refractivity contribution is 6.04. The molecule has 2 rings (SSSR count). The van der Waals surface area contributed by atoms with Gasteiger partial charge in [-0.2, -0.15) is 0 Å². The molecule has 4 nitrogen and oxygen atoms in total. The number of benzene rings is 1. The van der Waals surface area contributed by atoms with Gasteiger partial charge in [-0.15, -0.1) is 0 Å². The summed E-state index contributed by atoms with van der Waals surface area (Å²) >= 11 is 0. The monoisotopic (exact) mass is 273 g/mol. The Morgan fingerprint density at radius 3 is 2.80 bits per heavy atom. The van der Waals surface area contributed by atoms with Crippen LogP contribution < -0.4 is 11.1 Å². The van der Waals surface area contributed by atoms with E-state index >= 15 is 0 Å². The Balaban J connectivity index is 2.23. The van der Waals surface area contributed by atoms with Crippen LogP contribution in [0.2, 0.25) is 0 Å². The largest absolute Gasteiger partial charge is 0.384 e.